The zero-order chi connectivity index (χ0) is 12.3. The van der Waals surface area contributed by atoms with Crippen molar-refractivity contribution in [3.05, 3.63) is 16.8 Å². The number of hydrogen-bond acceptors (Lipinski definition) is 4. The van der Waals surface area contributed by atoms with E-state index in [4.69, 9.17) is 5.73 Å². The molecular weight excluding hydrogens is 258 g/mol. The molecule has 1 fully saturated rings. The minimum Gasteiger partial charge on any atom is -0.329 e. The van der Waals surface area contributed by atoms with E-state index in [1.807, 2.05) is 5.38 Å². The number of anilines is 1. The van der Waals surface area contributed by atoms with Crippen molar-refractivity contribution in [1.29, 1.82) is 0 Å². The van der Waals surface area contributed by atoms with Gasteiger partial charge in [-0.1, -0.05) is 6.42 Å². The van der Waals surface area contributed by atoms with Crippen LogP contribution in [0.1, 0.15) is 19.3 Å². The summed E-state index contributed by atoms with van der Waals surface area (Å²) in [6, 6.07) is 1.68. The summed E-state index contributed by atoms with van der Waals surface area (Å²) in [6.07, 6.45) is 2.80. The Labute approximate surface area is 106 Å². The first-order valence-electron chi connectivity index (χ1n) is 5.65. The first-order chi connectivity index (χ1) is 8.13. The van der Waals surface area contributed by atoms with Crippen LogP contribution in [0.2, 0.25) is 0 Å². The molecule has 2 rings (SSSR count). The highest BCUT2D eigenvalue weighted by Crippen LogP contribution is 2.22. The lowest BCUT2D eigenvalue weighted by molar-refractivity contribution is 0.259. The largest absolute Gasteiger partial charge is 0.329 e. The molecule has 7 heteroatoms. The maximum absolute atomic E-state index is 12.2. The van der Waals surface area contributed by atoms with E-state index in [2.05, 4.69) is 4.72 Å². The molecule has 0 bridgehead atoms. The Hall–Kier alpha value is -0.630. The van der Waals surface area contributed by atoms with Gasteiger partial charge < -0.3 is 5.73 Å². The van der Waals surface area contributed by atoms with E-state index in [0.29, 0.717) is 18.8 Å². The van der Waals surface area contributed by atoms with Crippen molar-refractivity contribution in [3.8, 4) is 0 Å². The van der Waals surface area contributed by atoms with Gasteiger partial charge in [0, 0.05) is 24.5 Å². The van der Waals surface area contributed by atoms with E-state index in [1.54, 1.807) is 11.4 Å². The topological polar surface area (TPSA) is 75.4 Å². The summed E-state index contributed by atoms with van der Waals surface area (Å²) in [6.45, 7) is 0.936. The third kappa shape index (κ3) is 2.98. The van der Waals surface area contributed by atoms with Gasteiger partial charge in [0.1, 0.15) is 0 Å². The van der Waals surface area contributed by atoms with E-state index in [1.165, 1.54) is 15.6 Å². The van der Waals surface area contributed by atoms with Gasteiger partial charge in [0.2, 0.25) is 0 Å². The molecule has 0 aliphatic carbocycles. The minimum absolute atomic E-state index is 0.0696. The molecule has 17 heavy (non-hydrogen) atoms. The molecule has 1 aromatic heterocycles. The average Bonchev–Trinajstić information content (AvgIpc) is 2.81. The van der Waals surface area contributed by atoms with Crippen LogP contribution in [0.4, 0.5) is 5.69 Å². The Morgan fingerprint density at radius 1 is 1.53 bits per heavy atom. The number of thiophene rings is 1. The lowest BCUT2D eigenvalue weighted by atomic mass is 10.1. The lowest BCUT2D eigenvalue weighted by Crippen LogP contribution is -2.49. The van der Waals surface area contributed by atoms with Crippen LogP contribution >= 0.6 is 11.3 Å². The first-order valence-corrected chi connectivity index (χ1v) is 8.03. The fourth-order valence-electron chi connectivity index (χ4n) is 2.06. The van der Waals surface area contributed by atoms with E-state index in [0.717, 1.165) is 19.3 Å². The SMILES string of the molecule is NCC1CCCCN1S(=O)(=O)Nc1ccsc1. The molecule has 1 aromatic rings. The quantitative estimate of drug-likeness (QED) is 0.867. The fraction of sp³-hybridized carbons (Fsp3) is 0.600. The van der Waals surface area contributed by atoms with Crippen LogP contribution in [-0.2, 0) is 10.2 Å². The number of nitrogens with zero attached hydrogens (tertiary/aromatic N) is 1. The van der Waals surface area contributed by atoms with Gasteiger partial charge in [-0.15, -0.1) is 0 Å². The van der Waals surface area contributed by atoms with Crippen LogP contribution in [0.15, 0.2) is 16.8 Å². The number of rotatable bonds is 4. The molecule has 5 nitrogen and oxygen atoms in total. The molecular formula is C10H17N3O2S2. The lowest BCUT2D eigenvalue weighted by Gasteiger charge is -2.33. The Morgan fingerprint density at radius 2 is 2.35 bits per heavy atom. The second-order valence-electron chi connectivity index (χ2n) is 4.12. The highest BCUT2D eigenvalue weighted by Gasteiger charge is 2.31. The van der Waals surface area contributed by atoms with Crippen LogP contribution in [0, 0.1) is 0 Å². The third-order valence-corrected chi connectivity index (χ3v) is 5.20. The molecule has 96 valence electrons. The predicted molar refractivity (Wildman–Crippen MR) is 70.3 cm³/mol. The first kappa shape index (κ1) is 12.8. The van der Waals surface area contributed by atoms with E-state index >= 15 is 0 Å². The molecule has 0 amide bonds. The van der Waals surface area contributed by atoms with Gasteiger partial charge in [-0.05, 0) is 24.3 Å². The summed E-state index contributed by atoms with van der Waals surface area (Å²) in [5.41, 5.74) is 6.25. The summed E-state index contributed by atoms with van der Waals surface area (Å²) in [7, 11) is -3.46. The van der Waals surface area contributed by atoms with Crippen molar-refractivity contribution in [3.63, 3.8) is 0 Å². The van der Waals surface area contributed by atoms with Crippen molar-refractivity contribution in [2.75, 3.05) is 17.8 Å². The third-order valence-electron chi connectivity index (χ3n) is 2.92. The molecule has 1 aliphatic heterocycles. The number of nitrogens with one attached hydrogen (secondary N) is 1. The normalized spacial score (nSPS) is 22.5. The van der Waals surface area contributed by atoms with E-state index in [9.17, 15) is 8.42 Å². The van der Waals surface area contributed by atoms with Crippen molar-refractivity contribution < 1.29 is 8.42 Å². The van der Waals surface area contributed by atoms with Crippen molar-refractivity contribution in [2.45, 2.75) is 25.3 Å². The molecule has 2 heterocycles. The van der Waals surface area contributed by atoms with Gasteiger partial charge in [0.25, 0.3) is 0 Å². The zero-order valence-corrected chi connectivity index (χ0v) is 11.1. The molecule has 1 saturated heterocycles. The summed E-state index contributed by atoms with van der Waals surface area (Å²) in [4.78, 5) is 0. The maximum atomic E-state index is 12.2. The van der Waals surface area contributed by atoms with Crippen LogP contribution in [0.5, 0.6) is 0 Å². The van der Waals surface area contributed by atoms with Crippen molar-refractivity contribution in [1.82, 2.24) is 4.31 Å². The molecule has 1 aliphatic rings. The van der Waals surface area contributed by atoms with Crippen LogP contribution < -0.4 is 10.5 Å². The number of hydrogen-bond donors (Lipinski definition) is 2. The second-order valence-corrected chi connectivity index (χ2v) is 6.52. The number of nitrogens with two attached hydrogens (primary N) is 1. The predicted octanol–water partition coefficient (Wildman–Crippen LogP) is 1.22. The van der Waals surface area contributed by atoms with E-state index < -0.39 is 10.2 Å². The standard InChI is InChI=1S/C10H17N3O2S2/c11-7-10-3-1-2-5-13(10)17(14,15)12-9-4-6-16-8-9/h4,6,8,10,12H,1-3,5,7,11H2. The summed E-state index contributed by atoms with van der Waals surface area (Å²) >= 11 is 1.46. The van der Waals surface area contributed by atoms with Crippen LogP contribution in [0.3, 0.4) is 0 Å². The molecule has 0 spiro atoms. The van der Waals surface area contributed by atoms with Gasteiger partial charge >= 0.3 is 10.2 Å². The molecule has 1 atom stereocenters. The zero-order valence-electron chi connectivity index (χ0n) is 9.50. The molecule has 0 saturated carbocycles. The summed E-state index contributed by atoms with van der Waals surface area (Å²) < 4.78 is 28.5. The minimum atomic E-state index is -3.46. The Bertz CT molecular complexity index is 444. The maximum Gasteiger partial charge on any atom is 0.301 e. The number of piperidine rings is 1. The Morgan fingerprint density at radius 3 is 3.00 bits per heavy atom. The monoisotopic (exact) mass is 275 g/mol. The van der Waals surface area contributed by atoms with Crippen molar-refractivity contribution >= 4 is 27.2 Å². The Kier molecular flexibility index (Phi) is 4.03. The van der Waals surface area contributed by atoms with Crippen LogP contribution in [0.25, 0.3) is 0 Å². The van der Waals surface area contributed by atoms with Gasteiger partial charge in [-0.25, -0.2) is 0 Å². The average molecular weight is 275 g/mol. The van der Waals surface area contributed by atoms with Crippen LogP contribution in [-0.4, -0.2) is 31.9 Å². The molecule has 0 aromatic carbocycles. The van der Waals surface area contributed by atoms with Gasteiger partial charge in [0.15, 0.2) is 0 Å². The Balaban J connectivity index is 2.13. The smallest absolute Gasteiger partial charge is 0.301 e. The highest BCUT2D eigenvalue weighted by atomic mass is 32.2. The van der Waals surface area contributed by atoms with Gasteiger partial charge in [-0.2, -0.15) is 24.1 Å². The molecule has 1 unspecified atom stereocenters. The van der Waals surface area contributed by atoms with E-state index in [-0.39, 0.29) is 6.04 Å². The van der Waals surface area contributed by atoms with Gasteiger partial charge in [-0.3, -0.25) is 4.72 Å². The van der Waals surface area contributed by atoms with Crippen molar-refractivity contribution in [2.24, 2.45) is 5.73 Å². The second kappa shape index (κ2) is 5.34. The molecule has 3 N–H and O–H groups in total. The van der Waals surface area contributed by atoms with Gasteiger partial charge in [0.05, 0.1) is 5.69 Å². The highest BCUT2D eigenvalue weighted by molar-refractivity contribution is 7.90. The summed E-state index contributed by atoms with van der Waals surface area (Å²) in [5.74, 6) is 0. The molecule has 0 radical (unpaired) electrons. The summed E-state index contributed by atoms with van der Waals surface area (Å²) in [5, 5.41) is 3.62. The fourth-order valence-corrected chi connectivity index (χ4v) is 4.21.